The van der Waals surface area contributed by atoms with Crippen molar-refractivity contribution >= 4 is 33.2 Å². The first-order valence-electron chi connectivity index (χ1n) is 8.21. The van der Waals surface area contributed by atoms with Crippen LogP contribution in [0.4, 0.5) is 5.69 Å². The molecule has 1 N–H and O–H groups in total. The Morgan fingerprint density at radius 1 is 1.19 bits per heavy atom. The molecular formula is C18H19ClN2O5S. The van der Waals surface area contributed by atoms with Gasteiger partial charge in [0.25, 0.3) is 0 Å². The third kappa shape index (κ3) is 5.05. The third-order valence-corrected chi connectivity index (χ3v) is 5.29. The summed E-state index contributed by atoms with van der Waals surface area (Å²) >= 11 is 5.84. The smallest absolute Gasteiger partial charge is 0.240 e. The van der Waals surface area contributed by atoms with Crippen molar-refractivity contribution in [2.24, 2.45) is 0 Å². The largest absolute Gasteiger partial charge is 0.486 e. The summed E-state index contributed by atoms with van der Waals surface area (Å²) in [5.41, 5.74) is 0.364. The van der Waals surface area contributed by atoms with E-state index in [9.17, 15) is 13.2 Å². The molecule has 1 aliphatic heterocycles. The van der Waals surface area contributed by atoms with Gasteiger partial charge in [-0.3, -0.25) is 9.10 Å². The van der Waals surface area contributed by atoms with Gasteiger partial charge >= 0.3 is 0 Å². The number of nitrogens with zero attached hydrogens (tertiary/aromatic N) is 1. The maximum atomic E-state index is 12.3. The Kier molecular flexibility index (Phi) is 5.76. The molecule has 0 saturated heterocycles. The lowest BCUT2D eigenvalue weighted by atomic mass is 10.2. The van der Waals surface area contributed by atoms with Gasteiger partial charge in [-0.05, 0) is 36.4 Å². The lowest BCUT2D eigenvalue weighted by Crippen LogP contribution is -2.45. The number of carbonyl (C=O) groups excluding carboxylic acids is 1. The van der Waals surface area contributed by atoms with Crippen molar-refractivity contribution in [2.75, 3.05) is 30.3 Å². The fraction of sp³-hybridized carbons (Fsp3) is 0.278. The normalized spacial score (nSPS) is 15.9. The van der Waals surface area contributed by atoms with Crippen molar-refractivity contribution in [2.45, 2.75) is 6.10 Å². The van der Waals surface area contributed by atoms with Crippen LogP contribution in [0.3, 0.4) is 0 Å². The fourth-order valence-electron chi connectivity index (χ4n) is 2.59. The standard InChI is InChI=1S/C18H19ClN2O5S/c1-27(23,24)21(14-8-6-13(19)7-9-14)11-18(22)20-10-15-12-25-16-4-2-3-5-17(16)26-15/h2-9,15H,10-12H2,1H3,(H,20,22)/t15-/m1/s1. The molecule has 1 atom stereocenters. The Labute approximate surface area is 162 Å². The van der Waals surface area contributed by atoms with Gasteiger partial charge in [0.2, 0.25) is 15.9 Å². The number of carbonyl (C=O) groups is 1. The van der Waals surface area contributed by atoms with Crippen LogP contribution in [0.25, 0.3) is 0 Å². The molecular weight excluding hydrogens is 392 g/mol. The van der Waals surface area contributed by atoms with Crippen molar-refractivity contribution < 1.29 is 22.7 Å². The summed E-state index contributed by atoms with van der Waals surface area (Å²) in [5, 5.41) is 3.17. The third-order valence-electron chi connectivity index (χ3n) is 3.90. The monoisotopic (exact) mass is 410 g/mol. The minimum Gasteiger partial charge on any atom is -0.486 e. The molecule has 1 amide bonds. The molecule has 0 fully saturated rings. The van der Waals surface area contributed by atoms with E-state index in [4.69, 9.17) is 21.1 Å². The van der Waals surface area contributed by atoms with Crippen molar-refractivity contribution in [3.63, 3.8) is 0 Å². The van der Waals surface area contributed by atoms with Crippen molar-refractivity contribution in [1.29, 1.82) is 0 Å². The Morgan fingerprint density at radius 3 is 2.52 bits per heavy atom. The first-order valence-corrected chi connectivity index (χ1v) is 10.4. The molecule has 3 rings (SSSR count). The van der Waals surface area contributed by atoms with E-state index in [1.54, 1.807) is 36.4 Å². The van der Waals surface area contributed by atoms with E-state index in [0.717, 1.165) is 10.6 Å². The van der Waals surface area contributed by atoms with Crippen LogP contribution in [0.5, 0.6) is 11.5 Å². The molecule has 2 aromatic rings. The Bertz CT molecular complexity index is 918. The molecule has 0 radical (unpaired) electrons. The number of ether oxygens (including phenoxy) is 2. The summed E-state index contributed by atoms with van der Waals surface area (Å²) in [7, 11) is -3.64. The molecule has 0 spiro atoms. The average molecular weight is 411 g/mol. The quantitative estimate of drug-likeness (QED) is 0.787. The zero-order chi connectivity index (χ0) is 19.4. The number of nitrogens with one attached hydrogen (secondary N) is 1. The van der Waals surface area contributed by atoms with Gasteiger partial charge in [-0.15, -0.1) is 0 Å². The topological polar surface area (TPSA) is 84.9 Å². The maximum absolute atomic E-state index is 12.3. The predicted octanol–water partition coefficient (Wildman–Crippen LogP) is 2.06. The van der Waals surface area contributed by atoms with Crippen LogP contribution in [0.1, 0.15) is 0 Å². The van der Waals surface area contributed by atoms with Gasteiger partial charge in [0.15, 0.2) is 11.5 Å². The second-order valence-electron chi connectivity index (χ2n) is 6.05. The van der Waals surface area contributed by atoms with Gasteiger partial charge in [0, 0.05) is 5.02 Å². The molecule has 1 aliphatic rings. The summed E-state index contributed by atoms with van der Waals surface area (Å²) in [6.07, 6.45) is 0.690. The van der Waals surface area contributed by atoms with E-state index < -0.39 is 15.9 Å². The number of amides is 1. The van der Waals surface area contributed by atoms with E-state index in [2.05, 4.69) is 5.32 Å². The zero-order valence-corrected chi connectivity index (χ0v) is 16.2. The van der Waals surface area contributed by atoms with E-state index in [1.807, 2.05) is 12.1 Å². The minimum atomic E-state index is -3.64. The summed E-state index contributed by atoms with van der Waals surface area (Å²) in [6, 6.07) is 13.5. The van der Waals surface area contributed by atoms with Crippen molar-refractivity contribution in [1.82, 2.24) is 5.32 Å². The highest BCUT2D eigenvalue weighted by molar-refractivity contribution is 7.92. The molecule has 0 aromatic heterocycles. The first-order chi connectivity index (χ1) is 12.8. The van der Waals surface area contributed by atoms with Gasteiger partial charge in [-0.25, -0.2) is 8.42 Å². The Hall–Kier alpha value is -2.45. The maximum Gasteiger partial charge on any atom is 0.240 e. The number of benzene rings is 2. The number of hydrogen-bond donors (Lipinski definition) is 1. The lowest BCUT2D eigenvalue weighted by Gasteiger charge is -2.27. The van der Waals surface area contributed by atoms with Gasteiger partial charge in [-0.2, -0.15) is 0 Å². The van der Waals surface area contributed by atoms with Gasteiger partial charge in [-0.1, -0.05) is 23.7 Å². The van der Waals surface area contributed by atoms with E-state index in [-0.39, 0.29) is 19.2 Å². The highest BCUT2D eigenvalue weighted by atomic mass is 35.5. The van der Waals surface area contributed by atoms with Gasteiger partial charge in [0.1, 0.15) is 19.3 Å². The number of rotatable bonds is 6. The molecule has 2 aromatic carbocycles. The second kappa shape index (κ2) is 8.06. The molecule has 0 saturated carbocycles. The highest BCUT2D eigenvalue weighted by Crippen LogP contribution is 2.30. The predicted molar refractivity (Wildman–Crippen MR) is 103 cm³/mol. The van der Waals surface area contributed by atoms with Crippen LogP contribution >= 0.6 is 11.6 Å². The number of hydrogen-bond acceptors (Lipinski definition) is 5. The van der Waals surface area contributed by atoms with Crippen LogP contribution in [-0.4, -0.2) is 46.4 Å². The van der Waals surface area contributed by atoms with Crippen LogP contribution in [0.2, 0.25) is 5.02 Å². The van der Waals surface area contributed by atoms with Gasteiger partial charge < -0.3 is 14.8 Å². The lowest BCUT2D eigenvalue weighted by molar-refractivity contribution is -0.120. The van der Waals surface area contributed by atoms with Crippen molar-refractivity contribution in [3.8, 4) is 11.5 Å². The molecule has 0 aliphatic carbocycles. The molecule has 9 heteroatoms. The number of sulfonamides is 1. The molecule has 7 nitrogen and oxygen atoms in total. The molecule has 0 bridgehead atoms. The van der Waals surface area contributed by atoms with Crippen molar-refractivity contribution in [3.05, 3.63) is 53.6 Å². The minimum absolute atomic E-state index is 0.200. The molecule has 27 heavy (non-hydrogen) atoms. The van der Waals surface area contributed by atoms with Crippen LogP contribution in [0, 0.1) is 0 Å². The number of halogens is 1. The molecule has 144 valence electrons. The van der Waals surface area contributed by atoms with Crippen LogP contribution in [0.15, 0.2) is 48.5 Å². The van der Waals surface area contributed by atoms with E-state index in [1.165, 1.54) is 0 Å². The molecule has 1 heterocycles. The van der Waals surface area contributed by atoms with Crippen LogP contribution in [-0.2, 0) is 14.8 Å². The average Bonchev–Trinajstić information content (AvgIpc) is 2.64. The number of anilines is 1. The zero-order valence-electron chi connectivity index (χ0n) is 14.6. The van der Waals surface area contributed by atoms with E-state index in [0.29, 0.717) is 28.8 Å². The summed E-state index contributed by atoms with van der Waals surface area (Å²) < 4.78 is 36.5. The molecule has 0 unspecified atom stereocenters. The summed E-state index contributed by atoms with van der Waals surface area (Å²) in [6.45, 7) is 0.153. The Morgan fingerprint density at radius 2 is 1.85 bits per heavy atom. The first kappa shape index (κ1) is 19.3. The van der Waals surface area contributed by atoms with E-state index >= 15 is 0 Å². The fourth-order valence-corrected chi connectivity index (χ4v) is 3.57. The Balaban J connectivity index is 1.59. The number of para-hydroxylation sites is 2. The SMILES string of the molecule is CS(=O)(=O)N(CC(=O)NC[C@@H]1COc2ccccc2O1)c1ccc(Cl)cc1. The number of fused-ring (bicyclic) bond motifs is 1. The van der Waals surface area contributed by atoms with Crippen LogP contribution < -0.4 is 19.1 Å². The highest BCUT2D eigenvalue weighted by Gasteiger charge is 2.24. The van der Waals surface area contributed by atoms with Gasteiger partial charge in [0.05, 0.1) is 18.5 Å². The summed E-state index contributed by atoms with van der Waals surface area (Å²) in [5.74, 6) is 0.825. The second-order valence-corrected chi connectivity index (χ2v) is 8.39. The summed E-state index contributed by atoms with van der Waals surface area (Å²) in [4.78, 5) is 12.3.